The molecule has 5 saturated carbocycles. The lowest BCUT2D eigenvalue weighted by Gasteiger charge is -2.66. The fourth-order valence-electron chi connectivity index (χ4n) is 6.33. The van der Waals surface area contributed by atoms with Crippen LogP contribution in [0.15, 0.2) is 0 Å². The zero-order valence-corrected chi connectivity index (χ0v) is 11.8. The van der Waals surface area contributed by atoms with Gasteiger partial charge in [0.15, 0.2) is 0 Å². The van der Waals surface area contributed by atoms with Crippen molar-refractivity contribution in [1.82, 2.24) is 5.32 Å². The van der Waals surface area contributed by atoms with E-state index < -0.39 is 0 Å². The molecule has 0 unspecified atom stereocenters. The van der Waals surface area contributed by atoms with Crippen molar-refractivity contribution in [2.75, 3.05) is 6.54 Å². The first-order chi connectivity index (χ1) is 9.15. The van der Waals surface area contributed by atoms with Crippen LogP contribution in [0.25, 0.3) is 0 Å². The van der Waals surface area contributed by atoms with Crippen LogP contribution < -0.4 is 11.1 Å². The number of nitrogens with one attached hydrogen (secondary N) is 1. The Morgan fingerprint density at radius 1 is 1.05 bits per heavy atom. The average Bonchev–Trinajstić information content (AvgIpc) is 2.31. The van der Waals surface area contributed by atoms with Crippen molar-refractivity contribution in [2.45, 2.75) is 63.3 Å². The van der Waals surface area contributed by atoms with Crippen molar-refractivity contribution >= 4 is 5.91 Å². The summed E-state index contributed by atoms with van der Waals surface area (Å²) in [5, 5.41) is 3.37. The van der Waals surface area contributed by atoms with Crippen molar-refractivity contribution < 1.29 is 4.79 Å². The van der Waals surface area contributed by atoms with E-state index in [4.69, 9.17) is 5.73 Å². The van der Waals surface area contributed by atoms with Gasteiger partial charge < -0.3 is 11.1 Å². The Balaban J connectivity index is 1.64. The van der Waals surface area contributed by atoms with Gasteiger partial charge >= 0.3 is 0 Å². The minimum absolute atomic E-state index is 0.0652. The summed E-state index contributed by atoms with van der Waals surface area (Å²) in [4.78, 5) is 11.9. The van der Waals surface area contributed by atoms with Crippen molar-refractivity contribution in [1.29, 1.82) is 0 Å². The summed E-state index contributed by atoms with van der Waals surface area (Å²) in [5.74, 6) is 2.94. The molecule has 5 fully saturated rings. The van der Waals surface area contributed by atoms with Crippen molar-refractivity contribution in [2.24, 2.45) is 28.9 Å². The van der Waals surface area contributed by atoms with Crippen molar-refractivity contribution in [3.05, 3.63) is 0 Å². The van der Waals surface area contributed by atoms with Crippen LogP contribution in [-0.4, -0.2) is 18.0 Å². The van der Waals surface area contributed by atoms with Crippen LogP contribution in [0.3, 0.4) is 0 Å². The van der Waals surface area contributed by atoms with Crippen molar-refractivity contribution in [3.63, 3.8) is 0 Å². The number of hydrogen-bond donors (Lipinski definition) is 2. The Bertz CT molecular complexity index is 364. The standard InChI is InChI=1S/C16H26N2O/c17-10-14(19)18-16(2-1-3-16)15-7-11-4-12(8-15)6-13(5-11)9-15/h11-13H,1-10,17H2,(H,18,19). The predicted molar refractivity (Wildman–Crippen MR) is 74.4 cm³/mol. The van der Waals surface area contributed by atoms with Crippen LogP contribution >= 0.6 is 0 Å². The lowest BCUT2D eigenvalue weighted by Crippen LogP contribution is -2.69. The normalized spacial score (nSPS) is 45.8. The van der Waals surface area contributed by atoms with Crippen molar-refractivity contribution in [3.8, 4) is 0 Å². The topological polar surface area (TPSA) is 55.1 Å². The van der Waals surface area contributed by atoms with Crippen LogP contribution in [-0.2, 0) is 4.79 Å². The fourth-order valence-corrected chi connectivity index (χ4v) is 6.33. The van der Waals surface area contributed by atoms with Crippen LogP contribution in [0.2, 0.25) is 0 Å². The summed E-state index contributed by atoms with van der Waals surface area (Å²) in [7, 11) is 0. The Morgan fingerprint density at radius 2 is 1.58 bits per heavy atom. The molecule has 0 spiro atoms. The summed E-state index contributed by atoms with van der Waals surface area (Å²) < 4.78 is 0. The zero-order valence-electron chi connectivity index (χ0n) is 11.8. The summed E-state index contributed by atoms with van der Waals surface area (Å²) in [5.41, 5.74) is 6.10. The maximum absolute atomic E-state index is 11.9. The number of hydrogen-bond acceptors (Lipinski definition) is 2. The van der Waals surface area contributed by atoms with Gasteiger partial charge in [-0.2, -0.15) is 0 Å². The molecule has 106 valence electrons. The fraction of sp³-hybridized carbons (Fsp3) is 0.938. The van der Waals surface area contributed by atoms with E-state index in [1.54, 1.807) is 0 Å². The quantitative estimate of drug-likeness (QED) is 0.819. The molecule has 0 aromatic heterocycles. The molecular formula is C16H26N2O. The van der Waals surface area contributed by atoms with Gasteiger partial charge in [0, 0.05) is 5.54 Å². The van der Waals surface area contributed by atoms with Crippen LogP contribution in [0.4, 0.5) is 0 Å². The number of amides is 1. The maximum atomic E-state index is 11.9. The predicted octanol–water partition coefficient (Wildman–Crippen LogP) is 2.20. The monoisotopic (exact) mass is 262 g/mol. The smallest absolute Gasteiger partial charge is 0.234 e. The van der Waals surface area contributed by atoms with Gasteiger partial charge in [-0.1, -0.05) is 0 Å². The Hall–Kier alpha value is -0.570. The Morgan fingerprint density at radius 3 is 1.95 bits per heavy atom. The highest BCUT2D eigenvalue weighted by molar-refractivity contribution is 5.79. The van der Waals surface area contributed by atoms with E-state index in [0.717, 1.165) is 17.8 Å². The van der Waals surface area contributed by atoms with Gasteiger partial charge in [0.25, 0.3) is 0 Å². The molecule has 0 saturated heterocycles. The molecule has 0 radical (unpaired) electrons. The van der Waals surface area contributed by atoms with Crippen LogP contribution in [0, 0.1) is 23.2 Å². The second kappa shape index (κ2) is 3.97. The van der Waals surface area contributed by atoms with E-state index in [-0.39, 0.29) is 18.0 Å². The minimum Gasteiger partial charge on any atom is -0.349 e. The van der Waals surface area contributed by atoms with E-state index in [2.05, 4.69) is 5.32 Å². The van der Waals surface area contributed by atoms with E-state index in [1.807, 2.05) is 0 Å². The summed E-state index contributed by atoms with van der Waals surface area (Å²) in [6, 6.07) is 0. The molecule has 3 N–H and O–H groups in total. The number of carbonyl (C=O) groups is 1. The van der Waals surface area contributed by atoms with Gasteiger partial charge in [-0.05, 0) is 81.0 Å². The minimum atomic E-state index is 0.0652. The lowest BCUT2D eigenvalue weighted by molar-refractivity contribution is -0.147. The van der Waals surface area contributed by atoms with Gasteiger partial charge in [-0.3, -0.25) is 4.79 Å². The third kappa shape index (κ3) is 1.63. The first kappa shape index (κ1) is 12.2. The van der Waals surface area contributed by atoms with Crippen LogP contribution in [0.5, 0.6) is 0 Å². The molecule has 0 atom stereocenters. The first-order valence-corrected chi connectivity index (χ1v) is 8.16. The van der Waals surface area contributed by atoms with Gasteiger partial charge in [0.1, 0.15) is 0 Å². The zero-order chi connectivity index (χ0) is 13.1. The molecule has 5 aliphatic rings. The molecular weight excluding hydrogens is 236 g/mol. The highest BCUT2D eigenvalue weighted by atomic mass is 16.2. The van der Waals surface area contributed by atoms with Gasteiger partial charge in [0.05, 0.1) is 6.54 Å². The van der Waals surface area contributed by atoms with E-state index in [9.17, 15) is 4.79 Å². The van der Waals surface area contributed by atoms with E-state index >= 15 is 0 Å². The third-order valence-electron chi connectivity index (χ3n) is 6.82. The molecule has 0 heterocycles. The molecule has 5 rings (SSSR count). The number of nitrogens with two attached hydrogens (primary N) is 1. The largest absolute Gasteiger partial charge is 0.349 e. The number of carbonyl (C=O) groups excluding carboxylic acids is 1. The lowest BCUT2D eigenvalue weighted by atomic mass is 9.41. The summed E-state index contributed by atoms with van der Waals surface area (Å²) >= 11 is 0. The van der Waals surface area contributed by atoms with Gasteiger partial charge in [0.2, 0.25) is 5.91 Å². The molecule has 0 aliphatic heterocycles. The molecule has 1 amide bonds. The van der Waals surface area contributed by atoms with E-state index in [0.29, 0.717) is 5.41 Å². The highest BCUT2D eigenvalue weighted by Gasteiger charge is 2.62. The molecule has 0 aromatic carbocycles. The van der Waals surface area contributed by atoms with E-state index in [1.165, 1.54) is 57.8 Å². The highest BCUT2D eigenvalue weighted by Crippen LogP contribution is 2.66. The third-order valence-corrected chi connectivity index (χ3v) is 6.82. The van der Waals surface area contributed by atoms with Crippen LogP contribution in [0.1, 0.15) is 57.8 Å². The molecule has 19 heavy (non-hydrogen) atoms. The molecule has 4 bridgehead atoms. The molecule has 5 aliphatic carbocycles. The molecule has 3 nitrogen and oxygen atoms in total. The Kier molecular flexibility index (Phi) is 2.55. The van der Waals surface area contributed by atoms with Gasteiger partial charge in [-0.15, -0.1) is 0 Å². The second-order valence-corrected chi connectivity index (χ2v) is 7.89. The number of rotatable bonds is 3. The van der Waals surface area contributed by atoms with Gasteiger partial charge in [-0.25, -0.2) is 0 Å². The maximum Gasteiger partial charge on any atom is 0.234 e. The summed E-state index contributed by atoms with van der Waals surface area (Å²) in [6.45, 7) is 0.147. The molecule has 0 aromatic rings. The SMILES string of the molecule is NCC(=O)NC1(C23CC4CC(CC(C4)C2)C3)CCC1. The second-order valence-electron chi connectivity index (χ2n) is 7.89. The Labute approximate surface area is 115 Å². The average molecular weight is 262 g/mol. The summed E-state index contributed by atoms with van der Waals surface area (Å²) in [6.07, 6.45) is 12.2. The molecule has 3 heteroatoms. The first-order valence-electron chi connectivity index (χ1n) is 8.16.